The zero-order chi connectivity index (χ0) is 13.1. The van der Waals surface area contributed by atoms with Gasteiger partial charge in [-0.25, -0.2) is 9.18 Å². The zero-order valence-corrected chi connectivity index (χ0v) is 10.1. The number of ether oxygens (including phenoxy) is 2. The van der Waals surface area contributed by atoms with Gasteiger partial charge in [0.15, 0.2) is 0 Å². The lowest BCUT2D eigenvalue weighted by Crippen LogP contribution is -2.23. The van der Waals surface area contributed by atoms with Crippen molar-refractivity contribution in [2.45, 2.75) is 19.2 Å². The van der Waals surface area contributed by atoms with Gasteiger partial charge in [0.25, 0.3) is 0 Å². The second kappa shape index (κ2) is 5.30. The van der Waals surface area contributed by atoms with Gasteiger partial charge in [0, 0.05) is 7.11 Å². The van der Waals surface area contributed by atoms with Crippen LogP contribution in [0.5, 0.6) is 0 Å². The molecule has 0 bridgehead atoms. The van der Waals surface area contributed by atoms with Gasteiger partial charge >= 0.3 is 17.9 Å². The number of carbonyl (C=O) groups excluding carboxylic acids is 1. The number of aromatic nitrogens is 2. The summed E-state index contributed by atoms with van der Waals surface area (Å²) in [5.41, 5.74) is 0. The molecule has 2 atom stereocenters. The highest BCUT2D eigenvalue weighted by Gasteiger charge is 2.35. The van der Waals surface area contributed by atoms with Crippen LogP contribution in [0, 0.1) is 0 Å². The van der Waals surface area contributed by atoms with Crippen molar-refractivity contribution < 1.29 is 23.1 Å². The molecule has 1 aromatic heterocycles. The molecule has 1 aliphatic heterocycles. The maximum atomic E-state index is 13.5. The van der Waals surface area contributed by atoms with Gasteiger partial charge in [0.2, 0.25) is 0 Å². The molecule has 1 saturated heterocycles. The lowest BCUT2D eigenvalue weighted by atomic mass is 10.3. The highest BCUT2D eigenvalue weighted by molar-refractivity contribution is 5.84. The molecule has 0 saturated carbocycles. The first-order chi connectivity index (χ1) is 8.65. The lowest BCUT2D eigenvalue weighted by Gasteiger charge is -2.10. The summed E-state index contributed by atoms with van der Waals surface area (Å²) < 4.78 is 28.3. The molecule has 0 aromatic carbocycles. The first-order valence-corrected chi connectivity index (χ1v) is 5.58. The Balaban J connectivity index is 2.05. The summed E-state index contributed by atoms with van der Waals surface area (Å²) >= 11 is 0. The monoisotopic (exact) mass is 259 g/mol. The van der Waals surface area contributed by atoms with Gasteiger partial charge in [-0.1, -0.05) is 10.2 Å². The molecule has 2 heterocycles. The minimum absolute atomic E-state index is 0.0975. The van der Waals surface area contributed by atoms with Crippen LogP contribution in [-0.2, 0) is 9.47 Å². The van der Waals surface area contributed by atoms with E-state index < -0.39 is 18.2 Å². The van der Waals surface area contributed by atoms with Crippen LogP contribution in [0.15, 0.2) is 4.42 Å². The van der Waals surface area contributed by atoms with Crippen molar-refractivity contribution in [1.82, 2.24) is 10.2 Å². The Hall–Kier alpha value is -1.70. The fourth-order valence-corrected chi connectivity index (χ4v) is 1.73. The summed E-state index contributed by atoms with van der Waals surface area (Å²) in [5.74, 6) is -0.918. The average Bonchev–Trinajstić information content (AvgIpc) is 2.95. The number of hydrogen-bond acceptors (Lipinski definition) is 7. The second-order valence-electron chi connectivity index (χ2n) is 3.81. The van der Waals surface area contributed by atoms with Crippen LogP contribution < -0.4 is 4.90 Å². The van der Waals surface area contributed by atoms with Gasteiger partial charge in [-0.15, -0.1) is 0 Å². The molecule has 1 aliphatic rings. The molecular formula is C10H14FN3O4. The molecule has 0 N–H and O–H groups in total. The molecule has 100 valence electrons. The molecule has 0 aliphatic carbocycles. The number of nitrogens with zero attached hydrogens (tertiary/aromatic N) is 3. The molecule has 7 nitrogen and oxygen atoms in total. The fraction of sp³-hybridized carbons (Fsp3) is 0.700. The highest BCUT2D eigenvalue weighted by Crippen LogP contribution is 2.22. The number of alkyl halides is 1. The SMILES string of the molecule is CCOC(=O)c1nnc(N2C[C@@H](F)[C@H](OC)C2)o1. The average molecular weight is 259 g/mol. The second-order valence-corrected chi connectivity index (χ2v) is 3.81. The number of esters is 1. The number of rotatable bonds is 4. The maximum absolute atomic E-state index is 13.5. The van der Waals surface area contributed by atoms with Crippen LogP contribution in [0.25, 0.3) is 0 Å². The third-order valence-electron chi connectivity index (χ3n) is 2.64. The van der Waals surface area contributed by atoms with Gasteiger partial charge in [-0.05, 0) is 6.92 Å². The summed E-state index contributed by atoms with van der Waals surface area (Å²) in [6.07, 6.45) is -1.64. The Labute approximate surface area is 103 Å². The van der Waals surface area contributed by atoms with Gasteiger partial charge < -0.3 is 18.8 Å². The largest absolute Gasteiger partial charge is 0.459 e. The first kappa shape index (κ1) is 12.7. The number of methoxy groups -OCH3 is 1. The fourth-order valence-electron chi connectivity index (χ4n) is 1.73. The Bertz CT molecular complexity index is 425. The predicted molar refractivity (Wildman–Crippen MR) is 58.2 cm³/mol. The van der Waals surface area contributed by atoms with Crippen LogP contribution in [-0.4, -0.2) is 55.2 Å². The zero-order valence-electron chi connectivity index (χ0n) is 10.1. The van der Waals surface area contributed by atoms with Crippen LogP contribution >= 0.6 is 0 Å². The summed E-state index contributed by atoms with van der Waals surface area (Å²) in [4.78, 5) is 12.9. The van der Waals surface area contributed by atoms with Crippen LogP contribution in [0.2, 0.25) is 0 Å². The molecule has 18 heavy (non-hydrogen) atoms. The maximum Gasteiger partial charge on any atom is 0.396 e. The molecule has 0 unspecified atom stereocenters. The van der Waals surface area contributed by atoms with E-state index in [2.05, 4.69) is 10.2 Å². The molecule has 2 rings (SSSR count). The number of hydrogen-bond donors (Lipinski definition) is 0. The Morgan fingerprint density at radius 3 is 2.94 bits per heavy atom. The number of anilines is 1. The molecule has 8 heteroatoms. The highest BCUT2D eigenvalue weighted by atomic mass is 19.1. The van der Waals surface area contributed by atoms with Gasteiger partial charge in [-0.2, -0.15) is 0 Å². The van der Waals surface area contributed by atoms with Gasteiger partial charge in [0.1, 0.15) is 12.3 Å². The van der Waals surface area contributed by atoms with E-state index in [0.29, 0.717) is 6.54 Å². The third-order valence-corrected chi connectivity index (χ3v) is 2.64. The van der Waals surface area contributed by atoms with E-state index in [4.69, 9.17) is 13.9 Å². The van der Waals surface area contributed by atoms with Crippen LogP contribution in [0.4, 0.5) is 10.4 Å². The smallest absolute Gasteiger partial charge is 0.396 e. The van der Waals surface area contributed by atoms with E-state index in [0.717, 1.165) is 0 Å². The van der Waals surface area contributed by atoms with E-state index >= 15 is 0 Å². The van der Waals surface area contributed by atoms with E-state index in [9.17, 15) is 9.18 Å². The van der Waals surface area contributed by atoms with Crippen LogP contribution in [0.3, 0.4) is 0 Å². The third kappa shape index (κ3) is 2.42. The van der Waals surface area contributed by atoms with Gasteiger partial charge in [-0.3, -0.25) is 0 Å². The quantitative estimate of drug-likeness (QED) is 0.725. The van der Waals surface area contributed by atoms with Crippen molar-refractivity contribution in [1.29, 1.82) is 0 Å². The first-order valence-electron chi connectivity index (χ1n) is 5.58. The van der Waals surface area contributed by atoms with Crippen molar-refractivity contribution in [2.75, 3.05) is 31.7 Å². The summed E-state index contributed by atoms with van der Waals surface area (Å²) in [6.45, 7) is 2.30. The molecule has 1 fully saturated rings. The standard InChI is InChI=1S/C10H14FN3O4/c1-3-17-9(15)8-12-13-10(18-8)14-4-6(11)7(5-14)16-2/h6-7H,3-5H2,1-2H3/t6-,7-/m1/s1. The molecular weight excluding hydrogens is 245 g/mol. The van der Waals surface area contributed by atoms with Crippen molar-refractivity contribution in [2.24, 2.45) is 0 Å². The Morgan fingerprint density at radius 2 is 2.33 bits per heavy atom. The Morgan fingerprint density at radius 1 is 1.56 bits per heavy atom. The number of carbonyl (C=O) groups is 1. The summed E-state index contributed by atoms with van der Waals surface area (Å²) in [6, 6.07) is 0.0975. The minimum atomic E-state index is -1.12. The van der Waals surface area contributed by atoms with Gasteiger partial charge in [0.05, 0.1) is 19.7 Å². The summed E-state index contributed by atoms with van der Waals surface area (Å²) in [5, 5.41) is 7.25. The molecule has 0 radical (unpaired) electrons. The normalized spacial score (nSPS) is 23.4. The predicted octanol–water partition coefficient (Wildman–Crippen LogP) is 0.419. The Kier molecular flexibility index (Phi) is 3.75. The lowest BCUT2D eigenvalue weighted by molar-refractivity contribution is 0.0481. The van der Waals surface area contributed by atoms with E-state index in [1.165, 1.54) is 12.0 Å². The van der Waals surface area contributed by atoms with Crippen molar-refractivity contribution in [3.8, 4) is 0 Å². The number of halogens is 1. The van der Waals surface area contributed by atoms with E-state index in [-0.39, 0.29) is 25.1 Å². The molecule has 0 amide bonds. The van der Waals surface area contributed by atoms with E-state index in [1.54, 1.807) is 6.92 Å². The van der Waals surface area contributed by atoms with Crippen LogP contribution in [0.1, 0.15) is 17.6 Å². The van der Waals surface area contributed by atoms with Crippen molar-refractivity contribution in [3.05, 3.63) is 5.89 Å². The topological polar surface area (TPSA) is 77.7 Å². The summed E-state index contributed by atoms with van der Waals surface area (Å²) in [7, 11) is 1.44. The molecule has 1 aromatic rings. The molecule has 0 spiro atoms. The van der Waals surface area contributed by atoms with E-state index in [1.807, 2.05) is 0 Å². The van der Waals surface area contributed by atoms with Crippen molar-refractivity contribution in [3.63, 3.8) is 0 Å². The van der Waals surface area contributed by atoms with Crippen molar-refractivity contribution >= 4 is 12.0 Å². The minimum Gasteiger partial charge on any atom is -0.459 e.